The van der Waals surface area contributed by atoms with E-state index in [-0.39, 0.29) is 53.7 Å². The van der Waals surface area contributed by atoms with Gasteiger partial charge in [0, 0.05) is 31.5 Å². The van der Waals surface area contributed by atoms with E-state index in [0.717, 1.165) is 0 Å². The first-order valence-electron chi connectivity index (χ1n) is 13.2. The molecule has 0 atom stereocenters. The van der Waals surface area contributed by atoms with Gasteiger partial charge in [-0.05, 0) is 69.4 Å². The third-order valence-corrected chi connectivity index (χ3v) is 7.13. The number of alkyl halides is 3. The number of primary sulfonamides is 1. The Kier molecular flexibility index (Phi) is 10.3. The van der Waals surface area contributed by atoms with Gasteiger partial charge in [0.2, 0.25) is 10.0 Å². The van der Waals surface area contributed by atoms with Crippen molar-refractivity contribution in [1.82, 2.24) is 4.90 Å². The Hall–Kier alpha value is -3.32. The summed E-state index contributed by atoms with van der Waals surface area (Å²) in [5.74, 6) is -0.375. The molecule has 0 saturated carbocycles. The summed E-state index contributed by atoms with van der Waals surface area (Å²) in [5.41, 5.74) is 0.390. The molecule has 9 nitrogen and oxygen atoms in total. The van der Waals surface area contributed by atoms with Crippen molar-refractivity contribution in [2.75, 3.05) is 19.7 Å². The quantitative estimate of drug-likeness (QED) is 0.256. The second kappa shape index (κ2) is 13.1. The zero-order chi connectivity index (χ0) is 30.4. The predicted octanol–water partition coefficient (Wildman–Crippen LogP) is 5.39. The van der Waals surface area contributed by atoms with Crippen molar-refractivity contribution in [3.8, 4) is 11.5 Å². The SMILES string of the molecule is CC(C)(C)OC(=O)N(CCCCCC(=O)c1cc2c(c(S(N)(=O)=O)c1)OCC2)CCc1ccccc1OC(F)(F)F. The summed E-state index contributed by atoms with van der Waals surface area (Å²) in [6.07, 6.45) is -3.15. The fraction of sp³-hybridized carbons (Fsp3) is 0.500. The Labute approximate surface area is 237 Å². The Morgan fingerprint density at radius 2 is 1.76 bits per heavy atom. The van der Waals surface area contributed by atoms with Crippen LogP contribution in [0.2, 0.25) is 0 Å². The van der Waals surface area contributed by atoms with Gasteiger partial charge in [0.25, 0.3) is 0 Å². The Balaban J connectivity index is 1.59. The average Bonchev–Trinajstić information content (AvgIpc) is 3.31. The maximum absolute atomic E-state index is 12.8. The lowest BCUT2D eigenvalue weighted by molar-refractivity contribution is -0.274. The minimum atomic E-state index is -4.84. The van der Waals surface area contributed by atoms with Gasteiger partial charge in [-0.15, -0.1) is 13.2 Å². The molecule has 0 radical (unpaired) electrons. The van der Waals surface area contributed by atoms with Crippen molar-refractivity contribution in [3.05, 3.63) is 53.1 Å². The van der Waals surface area contributed by atoms with Gasteiger partial charge >= 0.3 is 12.5 Å². The van der Waals surface area contributed by atoms with Crippen LogP contribution in [0.25, 0.3) is 0 Å². The molecule has 0 fully saturated rings. The average molecular weight is 601 g/mol. The Morgan fingerprint density at radius 1 is 1.05 bits per heavy atom. The van der Waals surface area contributed by atoms with Gasteiger partial charge in [-0.25, -0.2) is 18.4 Å². The standard InChI is InChI=1S/C28H35F3N2O7S/c1-27(2,3)40-26(35)33(15-12-19-9-6-7-11-23(19)39-28(29,30)31)14-8-4-5-10-22(34)21-17-20-13-16-38-25(20)24(18-21)41(32,36)37/h6-7,9,11,17-18H,4-5,8,10,12-16H2,1-3H3,(H2,32,36,37). The number of hydrogen-bond donors (Lipinski definition) is 1. The molecule has 226 valence electrons. The monoisotopic (exact) mass is 600 g/mol. The molecule has 1 aliphatic rings. The molecule has 13 heteroatoms. The maximum atomic E-state index is 12.8. The molecule has 2 N–H and O–H groups in total. The van der Waals surface area contributed by atoms with Crippen LogP contribution < -0.4 is 14.6 Å². The molecule has 0 unspecified atom stereocenters. The number of carbonyl (C=O) groups is 2. The molecule has 1 heterocycles. The second-order valence-corrected chi connectivity index (χ2v) is 12.2. The minimum Gasteiger partial charge on any atom is -0.492 e. The first-order chi connectivity index (χ1) is 19.0. The van der Waals surface area contributed by atoms with Crippen LogP contribution in [0.3, 0.4) is 0 Å². The van der Waals surface area contributed by atoms with Crippen molar-refractivity contribution >= 4 is 21.9 Å². The Bertz CT molecular complexity index is 1360. The number of ether oxygens (including phenoxy) is 3. The van der Waals surface area contributed by atoms with Gasteiger partial charge in [-0.2, -0.15) is 0 Å². The normalized spacial score (nSPS) is 13.3. The van der Waals surface area contributed by atoms with E-state index in [1.807, 2.05) is 0 Å². The van der Waals surface area contributed by atoms with Crippen LogP contribution >= 0.6 is 0 Å². The minimum absolute atomic E-state index is 0.0968. The number of amides is 1. The zero-order valence-electron chi connectivity index (χ0n) is 23.3. The molecule has 3 rings (SSSR count). The van der Waals surface area contributed by atoms with Gasteiger partial charge in [-0.3, -0.25) is 4.79 Å². The van der Waals surface area contributed by atoms with Crippen molar-refractivity contribution < 1.29 is 45.4 Å². The van der Waals surface area contributed by atoms with Crippen LogP contribution in [0.5, 0.6) is 11.5 Å². The van der Waals surface area contributed by atoms with Gasteiger partial charge in [0.1, 0.15) is 22.0 Å². The van der Waals surface area contributed by atoms with Gasteiger partial charge in [0.05, 0.1) is 6.61 Å². The fourth-order valence-electron chi connectivity index (χ4n) is 4.37. The van der Waals surface area contributed by atoms with Crippen LogP contribution in [-0.4, -0.2) is 56.9 Å². The summed E-state index contributed by atoms with van der Waals surface area (Å²) < 4.78 is 77.3. The molecule has 0 bridgehead atoms. The lowest BCUT2D eigenvalue weighted by atomic mass is 10.0. The first-order valence-corrected chi connectivity index (χ1v) is 14.8. The topological polar surface area (TPSA) is 125 Å². The number of nitrogens with two attached hydrogens (primary N) is 1. The molecule has 41 heavy (non-hydrogen) atoms. The van der Waals surface area contributed by atoms with Crippen LogP contribution in [0.1, 0.15) is 67.9 Å². The molecule has 2 aromatic carbocycles. The number of nitrogens with zero attached hydrogens (tertiary/aromatic N) is 1. The lowest BCUT2D eigenvalue weighted by Gasteiger charge is -2.27. The van der Waals surface area contributed by atoms with Crippen LogP contribution in [0.4, 0.5) is 18.0 Å². The number of unbranched alkanes of at least 4 members (excludes halogenated alkanes) is 2. The van der Waals surface area contributed by atoms with E-state index < -0.39 is 28.1 Å². The fourth-order valence-corrected chi connectivity index (χ4v) is 5.10. The maximum Gasteiger partial charge on any atom is 0.573 e. The number of hydrogen-bond acceptors (Lipinski definition) is 7. The number of rotatable bonds is 12. The third-order valence-electron chi connectivity index (χ3n) is 6.21. The molecule has 2 aromatic rings. The van der Waals surface area contributed by atoms with Crippen molar-refractivity contribution in [2.45, 2.75) is 76.2 Å². The molecule has 0 spiro atoms. The Morgan fingerprint density at radius 3 is 2.41 bits per heavy atom. The zero-order valence-corrected chi connectivity index (χ0v) is 24.1. The molecular weight excluding hydrogens is 565 g/mol. The largest absolute Gasteiger partial charge is 0.573 e. The van der Waals surface area contributed by atoms with Gasteiger partial charge in [0.15, 0.2) is 5.78 Å². The predicted molar refractivity (Wildman–Crippen MR) is 144 cm³/mol. The number of benzene rings is 2. The van der Waals surface area contributed by atoms with E-state index in [0.29, 0.717) is 43.4 Å². The van der Waals surface area contributed by atoms with Crippen molar-refractivity contribution in [1.29, 1.82) is 0 Å². The van der Waals surface area contributed by atoms with Crippen molar-refractivity contribution in [3.63, 3.8) is 0 Å². The van der Waals surface area contributed by atoms with Crippen molar-refractivity contribution in [2.24, 2.45) is 5.14 Å². The number of ketones is 1. The summed E-state index contributed by atoms with van der Waals surface area (Å²) in [4.78, 5) is 26.9. The first kappa shape index (κ1) is 32.2. The molecule has 1 aliphatic heterocycles. The van der Waals surface area contributed by atoms with Gasteiger partial charge < -0.3 is 19.1 Å². The number of halogens is 3. The highest BCUT2D eigenvalue weighted by atomic mass is 32.2. The lowest BCUT2D eigenvalue weighted by Crippen LogP contribution is -2.38. The summed E-state index contributed by atoms with van der Waals surface area (Å²) in [6.45, 7) is 5.82. The molecular formula is C28H35F3N2O7S. The van der Waals surface area contributed by atoms with Crippen LogP contribution in [-0.2, 0) is 27.6 Å². The van der Waals surface area contributed by atoms with Crippen LogP contribution in [0.15, 0.2) is 41.3 Å². The summed E-state index contributed by atoms with van der Waals surface area (Å²) in [5, 5.41) is 5.31. The smallest absolute Gasteiger partial charge is 0.492 e. The van der Waals surface area contributed by atoms with E-state index in [9.17, 15) is 31.2 Å². The summed E-state index contributed by atoms with van der Waals surface area (Å²) in [7, 11) is -4.07. The molecule has 0 saturated heterocycles. The molecule has 1 amide bonds. The number of fused-ring (bicyclic) bond motifs is 1. The number of para-hydroxylation sites is 1. The highest BCUT2D eigenvalue weighted by Crippen LogP contribution is 2.34. The van der Waals surface area contributed by atoms with Gasteiger partial charge in [-0.1, -0.05) is 24.6 Å². The summed E-state index contributed by atoms with van der Waals surface area (Å²) >= 11 is 0. The van der Waals surface area contributed by atoms with Crippen LogP contribution in [0, 0.1) is 0 Å². The van der Waals surface area contributed by atoms with E-state index in [4.69, 9.17) is 14.6 Å². The summed E-state index contributed by atoms with van der Waals surface area (Å²) in [6, 6.07) is 8.62. The third kappa shape index (κ3) is 9.92. The van der Waals surface area contributed by atoms with E-state index >= 15 is 0 Å². The van der Waals surface area contributed by atoms with E-state index in [1.165, 1.54) is 29.2 Å². The second-order valence-electron chi connectivity index (χ2n) is 10.7. The van der Waals surface area contributed by atoms with E-state index in [2.05, 4.69) is 4.74 Å². The number of sulfonamides is 1. The molecule has 0 aliphatic carbocycles. The molecule has 0 aromatic heterocycles. The number of carbonyl (C=O) groups excluding carboxylic acids is 2. The highest BCUT2D eigenvalue weighted by Gasteiger charge is 2.32. The number of Topliss-reactive ketones (excluding diaryl/α,β-unsaturated/α-hetero) is 1. The van der Waals surface area contributed by atoms with E-state index in [1.54, 1.807) is 32.9 Å². The highest BCUT2D eigenvalue weighted by molar-refractivity contribution is 7.89.